The Hall–Kier alpha value is -2.33. The maximum Gasteiger partial charge on any atom is 0.410 e. The van der Waals surface area contributed by atoms with Crippen molar-refractivity contribution in [3.05, 3.63) is 59.7 Å². The molecule has 1 fully saturated rings. The van der Waals surface area contributed by atoms with Crippen molar-refractivity contribution in [2.24, 2.45) is 0 Å². The molecule has 26 heavy (non-hydrogen) atoms. The molecule has 1 aliphatic carbocycles. The summed E-state index contributed by atoms with van der Waals surface area (Å²) in [5.41, 5.74) is 4.50. The standard InChI is InChI=1S/C22H25NO3/c1-22(2)13-15(24)11-12-23(22)21(25)26-14-20-18-9-5-3-7-16(18)17-8-4-6-10-19(17)20/h3-10,15,20,24H,11-14H2,1-2H3. The number of carbonyl (C=O) groups is 1. The van der Waals surface area contributed by atoms with E-state index in [0.29, 0.717) is 26.0 Å². The third-order valence-electron chi connectivity index (χ3n) is 5.71. The van der Waals surface area contributed by atoms with Gasteiger partial charge in [-0.1, -0.05) is 48.5 Å². The molecule has 0 bridgehead atoms. The summed E-state index contributed by atoms with van der Waals surface area (Å²) in [6.45, 7) is 4.83. The van der Waals surface area contributed by atoms with Crippen LogP contribution in [0.1, 0.15) is 43.7 Å². The molecular weight excluding hydrogens is 326 g/mol. The van der Waals surface area contributed by atoms with Crippen LogP contribution in [0.3, 0.4) is 0 Å². The lowest BCUT2D eigenvalue weighted by atomic mass is 9.89. The minimum absolute atomic E-state index is 0.0739. The third kappa shape index (κ3) is 2.88. The van der Waals surface area contributed by atoms with Crippen molar-refractivity contribution in [3.63, 3.8) is 0 Å². The van der Waals surface area contributed by atoms with Crippen molar-refractivity contribution in [2.75, 3.05) is 13.2 Å². The average molecular weight is 351 g/mol. The van der Waals surface area contributed by atoms with E-state index in [0.717, 1.165) is 0 Å². The van der Waals surface area contributed by atoms with Crippen LogP contribution in [0.2, 0.25) is 0 Å². The van der Waals surface area contributed by atoms with Gasteiger partial charge in [0.05, 0.1) is 6.10 Å². The van der Waals surface area contributed by atoms with Gasteiger partial charge in [0.1, 0.15) is 6.61 Å². The van der Waals surface area contributed by atoms with E-state index in [2.05, 4.69) is 24.3 Å². The van der Waals surface area contributed by atoms with Crippen LogP contribution in [-0.4, -0.2) is 40.9 Å². The van der Waals surface area contributed by atoms with Gasteiger partial charge in [0.2, 0.25) is 0 Å². The number of piperidine rings is 1. The molecule has 1 atom stereocenters. The Morgan fingerprint density at radius 2 is 1.69 bits per heavy atom. The number of aliphatic hydroxyl groups is 1. The number of hydrogen-bond donors (Lipinski definition) is 1. The molecule has 1 unspecified atom stereocenters. The summed E-state index contributed by atoms with van der Waals surface area (Å²) in [5, 5.41) is 9.89. The Labute approximate surface area is 154 Å². The van der Waals surface area contributed by atoms with Crippen LogP contribution in [0.5, 0.6) is 0 Å². The smallest absolute Gasteiger partial charge is 0.410 e. The second kappa shape index (κ2) is 6.44. The summed E-state index contributed by atoms with van der Waals surface area (Å²) in [5.74, 6) is 0.0739. The predicted octanol–water partition coefficient (Wildman–Crippen LogP) is 4.17. The fraction of sp³-hybridized carbons (Fsp3) is 0.409. The molecule has 4 rings (SSSR count). The molecule has 2 aromatic carbocycles. The lowest BCUT2D eigenvalue weighted by Crippen LogP contribution is -2.54. The summed E-state index contributed by atoms with van der Waals surface area (Å²) in [4.78, 5) is 14.5. The minimum atomic E-state index is -0.389. The van der Waals surface area contributed by atoms with Gasteiger partial charge in [-0.05, 0) is 48.9 Å². The van der Waals surface area contributed by atoms with Gasteiger partial charge in [-0.2, -0.15) is 0 Å². The Balaban J connectivity index is 1.52. The number of likely N-dealkylation sites (tertiary alicyclic amines) is 1. The van der Waals surface area contributed by atoms with Gasteiger partial charge < -0.3 is 14.7 Å². The van der Waals surface area contributed by atoms with Gasteiger partial charge in [-0.3, -0.25) is 0 Å². The minimum Gasteiger partial charge on any atom is -0.448 e. The number of carbonyl (C=O) groups excluding carboxylic acids is 1. The molecule has 2 aliphatic rings. The van der Waals surface area contributed by atoms with Gasteiger partial charge in [-0.15, -0.1) is 0 Å². The van der Waals surface area contributed by atoms with Crippen LogP contribution in [0.4, 0.5) is 4.79 Å². The number of ether oxygens (including phenoxy) is 1. The van der Waals surface area contributed by atoms with E-state index in [1.165, 1.54) is 22.3 Å². The van der Waals surface area contributed by atoms with E-state index in [-0.39, 0.29) is 23.7 Å². The van der Waals surface area contributed by atoms with Crippen molar-refractivity contribution < 1.29 is 14.6 Å². The normalized spacial score (nSPS) is 21.2. The summed E-state index contributed by atoms with van der Waals surface area (Å²) >= 11 is 0. The van der Waals surface area contributed by atoms with Crippen LogP contribution in [0.25, 0.3) is 11.1 Å². The number of hydrogen-bond acceptors (Lipinski definition) is 3. The number of rotatable bonds is 2. The fourth-order valence-electron chi connectivity index (χ4n) is 4.38. The summed E-state index contributed by atoms with van der Waals surface area (Å²) in [7, 11) is 0. The van der Waals surface area contributed by atoms with Gasteiger partial charge >= 0.3 is 6.09 Å². The highest BCUT2D eigenvalue weighted by Crippen LogP contribution is 2.44. The first-order chi connectivity index (χ1) is 12.5. The zero-order valence-corrected chi connectivity index (χ0v) is 15.3. The first-order valence-electron chi connectivity index (χ1n) is 9.28. The zero-order valence-electron chi connectivity index (χ0n) is 15.3. The molecule has 4 nitrogen and oxygen atoms in total. The summed E-state index contributed by atoms with van der Waals surface area (Å²) in [6, 6.07) is 16.7. The molecule has 0 spiro atoms. The van der Waals surface area contributed by atoms with E-state index in [4.69, 9.17) is 4.74 Å². The van der Waals surface area contributed by atoms with Crippen molar-refractivity contribution >= 4 is 6.09 Å². The molecular formula is C22H25NO3. The van der Waals surface area contributed by atoms with Gasteiger partial charge in [0, 0.05) is 18.0 Å². The molecule has 0 radical (unpaired) electrons. The second-order valence-electron chi connectivity index (χ2n) is 7.91. The Kier molecular flexibility index (Phi) is 4.23. The number of amides is 1. The molecule has 0 saturated carbocycles. The molecule has 1 amide bonds. The molecule has 1 saturated heterocycles. The molecule has 2 aromatic rings. The topological polar surface area (TPSA) is 49.8 Å². The van der Waals surface area contributed by atoms with E-state index in [9.17, 15) is 9.90 Å². The van der Waals surface area contributed by atoms with Crippen LogP contribution in [0.15, 0.2) is 48.5 Å². The van der Waals surface area contributed by atoms with E-state index < -0.39 is 0 Å². The van der Waals surface area contributed by atoms with Crippen molar-refractivity contribution in [3.8, 4) is 11.1 Å². The summed E-state index contributed by atoms with van der Waals surface area (Å²) < 4.78 is 5.76. The molecule has 1 heterocycles. The zero-order chi connectivity index (χ0) is 18.3. The highest BCUT2D eigenvalue weighted by atomic mass is 16.6. The first-order valence-corrected chi connectivity index (χ1v) is 9.28. The maximum atomic E-state index is 12.7. The molecule has 1 N–H and O–H groups in total. The Morgan fingerprint density at radius 3 is 2.27 bits per heavy atom. The van der Waals surface area contributed by atoms with Crippen LogP contribution >= 0.6 is 0 Å². The molecule has 0 aromatic heterocycles. The van der Waals surface area contributed by atoms with Crippen LogP contribution in [0, 0.1) is 0 Å². The van der Waals surface area contributed by atoms with E-state index in [1.54, 1.807) is 4.90 Å². The fourth-order valence-corrected chi connectivity index (χ4v) is 4.38. The van der Waals surface area contributed by atoms with E-state index in [1.807, 2.05) is 38.1 Å². The Bertz CT molecular complexity index is 784. The van der Waals surface area contributed by atoms with E-state index >= 15 is 0 Å². The molecule has 4 heteroatoms. The average Bonchev–Trinajstić information content (AvgIpc) is 2.93. The quantitative estimate of drug-likeness (QED) is 0.883. The van der Waals surface area contributed by atoms with Crippen LogP contribution in [-0.2, 0) is 4.74 Å². The highest BCUT2D eigenvalue weighted by molar-refractivity contribution is 5.79. The van der Waals surface area contributed by atoms with Crippen molar-refractivity contribution in [1.29, 1.82) is 0 Å². The van der Waals surface area contributed by atoms with Gasteiger partial charge in [0.25, 0.3) is 0 Å². The maximum absolute atomic E-state index is 12.7. The van der Waals surface area contributed by atoms with Crippen molar-refractivity contribution in [1.82, 2.24) is 4.90 Å². The molecule has 136 valence electrons. The number of aliphatic hydroxyl groups excluding tert-OH is 1. The van der Waals surface area contributed by atoms with Gasteiger partial charge in [0.15, 0.2) is 0 Å². The number of benzene rings is 2. The Morgan fingerprint density at radius 1 is 1.12 bits per heavy atom. The number of nitrogens with zero attached hydrogens (tertiary/aromatic N) is 1. The monoisotopic (exact) mass is 351 g/mol. The van der Waals surface area contributed by atoms with Crippen molar-refractivity contribution in [2.45, 2.75) is 44.2 Å². The SMILES string of the molecule is CC1(C)CC(O)CCN1C(=O)OCC1c2ccccc2-c2ccccc21. The molecule has 1 aliphatic heterocycles. The lowest BCUT2D eigenvalue weighted by Gasteiger charge is -2.43. The highest BCUT2D eigenvalue weighted by Gasteiger charge is 2.38. The number of fused-ring (bicyclic) bond motifs is 3. The lowest BCUT2D eigenvalue weighted by molar-refractivity contribution is -0.00500. The summed E-state index contributed by atoms with van der Waals surface area (Å²) in [6.07, 6.45) is 0.552. The van der Waals surface area contributed by atoms with Crippen LogP contribution < -0.4 is 0 Å². The largest absolute Gasteiger partial charge is 0.448 e. The second-order valence-corrected chi connectivity index (χ2v) is 7.91. The first kappa shape index (κ1) is 17.1. The third-order valence-corrected chi connectivity index (χ3v) is 5.71. The predicted molar refractivity (Wildman–Crippen MR) is 101 cm³/mol. The van der Waals surface area contributed by atoms with Gasteiger partial charge in [-0.25, -0.2) is 4.79 Å².